The standard InChI is InChI=1S/C14H17N3O/c1-2-10-3-5-12(6-4-10)14-16-13(18-17-14)7-11-8-15-9-11/h3-6,11,15H,2,7-9H2,1H3. The van der Waals surface area contributed by atoms with Crippen LogP contribution in [-0.4, -0.2) is 23.2 Å². The molecule has 0 unspecified atom stereocenters. The lowest BCUT2D eigenvalue weighted by atomic mass is 10.00. The van der Waals surface area contributed by atoms with Crippen LogP contribution in [0, 0.1) is 5.92 Å². The van der Waals surface area contributed by atoms with Gasteiger partial charge in [0.2, 0.25) is 11.7 Å². The molecule has 2 heterocycles. The van der Waals surface area contributed by atoms with Crippen LogP contribution in [-0.2, 0) is 12.8 Å². The van der Waals surface area contributed by atoms with Gasteiger partial charge in [-0.05, 0) is 31.0 Å². The SMILES string of the molecule is CCc1ccc(-c2noc(CC3CNC3)n2)cc1. The van der Waals surface area contributed by atoms with Gasteiger partial charge in [0.1, 0.15) is 0 Å². The molecule has 1 aliphatic rings. The maximum Gasteiger partial charge on any atom is 0.227 e. The molecular formula is C14H17N3O. The Morgan fingerprint density at radius 2 is 2.06 bits per heavy atom. The van der Waals surface area contributed by atoms with E-state index in [-0.39, 0.29) is 0 Å². The summed E-state index contributed by atoms with van der Waals surface area (Å²) in [6.07, 6.45) is 1.93. The molecule has 0 atom stereocenters. The van der Waals surface area contributed by atoms with Crippen LogP contribution in [0.1, 0.15) is 18.4 Å². The number of benzene rings is 1. The maximum absolute atomic E-state index is 5.29. The Morgan fingerprint density at radius 3 is 2.67 bits per heavy atom. The molecule has 0 aliphatic carbocycles. The lowest BCUT2D eigenvalue weighted by molar-refractivity contribution is 0.296. The van der Waals surface area contributed by atoms with E-state index in [1.54, 1.807) is 0 Å². The van der Waals surface area contributed by atoms with E-state index in [4.69, 9.17) is 4.52 Å². The summed E-state index contributed by atoms with van der Waals surface area (Å²) in [4.78, 5) is 4.45. The zero-order valence-electron chi connectivity index (χ0n) is 10.5. The summed E-state index contributed by atoms with van der Waals surface area (Å²) in [5.41, 5.74) is 2.34. The van der Waals surface area contributed by atoms with Gasteiger partial charge in [0.15, 0.2) is 0 Å². The van der Waals surface area contributed by atoms with Gasteiger partial charge in [0.05, 0.1) is 0 Å². The third kappa shape index (κ3) is 2.29. The van der Waals surface area contributed by atoms with E-state index in [0.29, 0.717) is 11.7 Å². The van der Waals surface area contributed by atoms with E-state index in [1.807, 2.05) is 0 Å². The molecule has 94 valence electrons. The fourth-order valence-electron chi connectivity index (χ4n) is 2.08. The van der Waals surface area contributed by atoms with E-state index >= 15 is 0 Å². The quantitative estimate of drug-likeness (QED) is 0.893. The maximum atomic E-state index is 5.29. The summed E-state index contributed by atoms with van der Waals surface area (Å²) < 4.78 is 5.29. The van der Waals surface area contributed by atoms with Crippen molar-refractivity contribution in [1.29, 1.82) is 0 Å². The minimum absolute atomic E-state index is 0.653. The van der Waals surface area contributed by atoms with Crippen LogP contribution in [0.25, 0.3) is 11.4 Å². The van der Waals surface area contributed by atoms with Crippen LogP contribution < -0.4 is 5.32 Å². The van der Waals surface area contributed by atoms with Crippen molar-refractivity contribution in [3.8, 4) is 11.4 Å². The Morgan fingerprint density at radius 1 is 1.28 bits per heavy atom. The normalized spacial score (nSPS) is 15.6. The smallest absolute Gasteiger partial charge is 0.227 e. The Balaban J connectivity index is 1.74. The number of rotatable bonds is 4. The lowest BCUT2D eigenvalue weighted by Crippen LogP contribution is -2.43. The zero-order chi connectivity index (χ0) is 12.4. The molecule has 1 aliphatic heterocycles. The van der Waals surface area contributed by atoms with Gasteiger partial charge in [-0.25, -0.2) is 0 Å². The van der Waals surface area contributed by atoms with Crippen LogP contribution in [0.4, 0.5) is 0 Å². The minimum Gasteiger partial charge on any atom is -0.339 e. The molecule has 1 saturated heterocycles. The highest BCUT2D eigenvalue weighted by atomic mass is 16.5. The third-order valence-electron chi connectivity index (χ3n) is 3.42. The van der Waals surface area contributed by atoms with Gasteiger partial charge in [-0.3, -0.25) is 0 Å². The van der Waals surface area contributed by atoms with E-state index in [0.717, 1.165) is 37.4 Å². The molecule has 18 heavy (non-hydrogen) atoms. The molecule has 2 aromatic rings. The van der Waals surface area contributed by atoms with E-state index in [2.05, 4.69) is 46.6 Å². The number of nitrogens with one attached hydrogen (secondary N) is 1. The van der Waals surface area contributed by atoms with Crippen molar-refractivity contribution in [3.05, 3.63) is 35.7 Å². The van der Waals surface area contributed by atoms with Gasteiger partial charge in [-0.15, -0.1) is 0 Å². The molecule has 1 N–H and O–H groups in total. The Hall–Kier alpha value is -1.68. The summed E-state index contributed by atoms with van der Waals surface area (Å²) in [7, 11) is 0. The van der Waals surface area contributed by atoms with E-state index in [1.165, 1.54) is 5.56 Å². The van der Waals surface area contributed by atoms with Gasteiger partial charge < -0.3 is 9.84 Å². The van der Waals surface area contributed by atoms with Crippen molar-refractivity contribution in [2.45, 2.75) is 19.8 Å². The lowest BCUT2D eigenvalue weighted by Gasteiger charge is -2.25. The van der Waals surface area contributed by atoms with Crippen LogP contribution in [0.5, 0.6) is 0 Å². The molecule has 4 heteroatoms. The molecule has 1 aromatic carbocycles. The molecular weight excluding hydrogens is 226 g/mol. The van der Waals surface area contributed by atoms with Crippen LogP contribution in [0.15, 0.2) is 28.8 Å². The van der Waals surface area contributed by atoms with E-state index < -0.39 is 0 Å². The first-order valence-corrected chi connectivity index (χ1v) is 6.47. The molecule has 1 fully saturated rings. The van der Waals surface area contributed by atoms with Crippen molar-refractivity contribution in [2.24, 2.45) is 5.92 Å². The summed E-state index contributed by atoms with van der Waals surface area (Å²) in [5, 5.41) is 7.29. The highest BCUT2D eigenvalue weighted by molar-refractivity contribution is 5.54. The predicted octanol–water partition coefficient (Wildman–Crippen LogP) is 2.06. The predicted molar refractivity (Wildman–Crippen MR) is 69.2 cm³/mol. The number of nitrogens with zero attached hydrogens (tertiary/aromatic N) is 2. The largest absolute Gasteiger partial charge is 0.339 e. The van der Waals surface area contributed by atoms with Crippen LogP contribution in [0.2, 0.25) is 0 Å². The molecule has 4 nitrogen and oxygen atoms in total. The van der Waals surface area contributed by atoms with E-state index in [9.17, 15) is 0 Å². The summed E-state index contributed by atoms with van der Waals surface area (Å²) >= 11 is 0. The second kappa shape index (κ2) is 4.90. The first-order valence-electron chi connectivity index (χ1n) is 6.47. The summed E-state index contributed by atoms with van der Waals surface area (Å²) in [5.74, 6) is 2.09. The summed E-state index contributed by atoms with van der Waals surface area (Å²) in [6.45, 7) is 4.26. The number of aryl methyl sites for hydroxylation is 1. The molecule has 0 saturated carbocycles. The number of hydrogen-bond donors (Lipinski definition) is 1. The summed E-state index contributed by atoms with van der Waals surface area (Å²) in [6, 6.07) is 8.33. The van der Waals surface area contributed by atoms with Crippen LogP contribution >= 0.6 is 0 Å². The Labute approximate surface area is 106 Å². The van der Waals surface area contributed by atoms with Gasteiger partial charge in [-0.2, -0.15) is 4.98 Å². The number of aromatic nitrogens is 2. The van der Waals surface area contributed by atoms with Crippen molar-refractivity contribution < 1.29 is 4.52 Å². The molecule has 3 rings (SSSR count). The monoisotopic (exact) mass is 243 g/mol. The fraction of sp³-hybridized carbons (Fsp3) is 0.429. The highest BCUT2D eigenvalue weighted by Crippen LogP contribution is 2.18. The fourth-order valence-corrected chi connectivity index (χ4v) is 2.08. The minimum atomic E-state index is 0.653. The van der Waals surface area contributed by atoms with Crippen molar-refractivity contribution in [1.82, 2.24) is 15.5 Å². The first-order chi connectivity index (χ1) is 8.85. The van der Waals surface area contributed by atoms with Gasteiger partial charge in [-0.1, -0.05) is 36.3 Å². The second-order valence-corrected chi connectivity index (χ2v) is 4.79. The molecule has 1 aromatic heterocycles. The van der Waals surface area contributed by atoms with Gasteiger partial charge in [0, 0.05) is 12.0 Å². The van der Waals surface area contributed by atoms with Crippen LogP contribution in [0.3, 0.4) is 0 Å². The highest BCUT2D eigenvalue weighted by Gasteiger charge is 2.20. The topological polar surface area (TPSA) is 51.0 Å². The Kier molecular flexibility index (Phi) is 3.11. The van der Waals surface area contributed by atoms with Crippen molar-refractivity contribution >= 4 is 0 Å². The van der Waals surface area contributed by atoms with Crippen molar-refractivity contribution in [3.63, 3.8) is 0 Å². The molecule has 0 bridgehead atoms. The zero-order valence-corrected chi connectivity index (χ0v) is 10.5. The van der Waals surface area contributed by atoms with Gasteiger partial charge in [0.25, 0.3) is 0 Å². The third-order valence-corrected chi connectivity index (χ3v) is 3.42. The molecule has 0 amide bonds. The van der Waals surface area contributed by atoms with Crippen molar-refractivity contribution in [2.75, 3.05) is 13.1 Å². The molecule has 0 radical (unpaired) electrons. The molecule has 0 spiro atoms. The first kappa shape index (κ1) is 11.4. The average Bonchev–Trinajstić information content (AvgIpc) is 2.83. The van der Waals surface area contributed by atoms with Gasteiger partial charge >= 0.3 is 0 Å². The Bertz CT molecular complexity index is 514. The average molecular weight is 243 g/mol. The number of hydrogen-bond acceptors (Lipinski definition) is 4. The second-order valence-electron chi connectivity index (χ2n) is 4.79.